The van der Waals surface area contributed by atoms with E-state index in [0.717, 1.165) is 36.7 Å². The lowest BCUT2D eigenvalue weighted by Gasteiger charge is -2.34. The van der Waals surface area contributed by atoms with E-state index in [4.69, 9.17) is 0 Å². The van der Waals surface area contributed by atoms with Gasteiger partial charge in [-0.25, -0.2) is 4.98 Å². The van der Waals surface area contributed by atoms with Crippen LogP contribution in [0.2, 0.25) is 0 Å². The fourth-order valence-electron chi connectivity index (χ4n) is 2.03. The topological polar surface area (TPSA) is 45.1 Å². The van der Waals surface area contributed by atoms with Crippen LogP contribution in [0, 0.1) is 5.92 Å². The molecule has 1 heterocycles. The van der Waals surface area contributed by atoms with Crippen molar-refractivity contribution in [1.82, 2.24) is 4.98 Å². The molecule has 0 radical (unpaired) electrons. The lowest BCUT2D eigenvalue weighted by Crippen LogP contribution is -2.40. The van der Waals surface area contributed by atoms with Crippen molar-refractivity contribution in [2.45, 2.75) is 38.2 Å². The van der Waals surface area contributed by atoms with Gasteiger partial charge in [0.05, 0.1) is 5.60 Å². The molecule has 1 aliphatic carbocycles. The molecule has 1 aromatic heterocycles. The van der Waals surface area contributed by atoms with Crippen molar-refractivity contribution in [2.75, 3.05) is 11.9 Å². The lowest BCUT2D eigenvalue weighted by molar-refractivity contribution is 0.00501. The van der Waals surface area contributed by atoms with Gasteiger partial charge in [-0.1, -0.05) is 6.92 Å². The Morgan fingerprint density at radius 1 is 1.60 bits per heavy atom. The van der Waals surface area contributed by atoms with E-state index in [1.807, 2.05) is 5.38 Å². The summed E-state index contributed by atoms with van der Waals surface area (Å²) in [5.74, 6) is 0.769. The smallest absolute Gasteiger partial charge is 0.182 e. The second-order valence-corrected chi connectivity index (χ2v) is 5.49. The first-order valence-electron chi connectivity index (χ1n) is 5.54. The van der Waals surface area contributed by atoms with Crippen molar-refractivity contribution in [1.29, 1.82) is 0 Å². The first kappa shape index (κ1) is 10.9. The van der Waals surface area contributed by atoms with Crippen molar-refractivity contribution in [3.8, 4) is 0 Å². The third-order valence-corrected chi connectivity index (χ3v) is 3.94. The van der Waals surface area contributed by atoms with Gasteiger partial charge in [0.25, 0.3) is 0 Å². The Balaban J connectivity index is 1.83. The Hall–Kier alpha value is -0.610. The molecule has 1 fully saturated rings. The molecule has 0 unspecified atom stereocenters. The zero-order valence-corrected chi connectivity index (χ0v) is 9.89. The number of nitrogens with zero attached hydrogens (tertiary/aromatic N) is 1. The molecule has 2 N–H and O–H groups in total. The van der Waals surface area contributed by atoms with Crippen LogP contribution >= 0.6 is 11.3 Å². The zero-order valence-electron chi connectivity index (χ0n) is 9.07. The van der Waals surface area contributed by atoms with Crippen LogP contribution in [0.3, 0.4) is 0 Å². The summed E-state index contributed by atoms with van der Waals surface area (Å²) >= 11 is 1.58. The summed E-state index contributed by atoms with van der Waals surface area (Å²) in [6.07, 6.45) is 5.87. The second-order valence-electron chi connectivity index (χ2n) is 4.60. The highest BCUT2D eigenvalue weighted by atomic mass is 32.1. The van der Waals surface area contributed by atoms with E-state index in [9.17, 15) is 5.11 Å². The Morgan fingerprint density at radius 3 is 2.93 bits per heavy atom. The van der Waals surface area contributed by atoms with Gasteiger partial charge < -0.3 is 10.4 Å². The Bertz CT molecular complexity index is 292. The molecular formula is C11H18N2OS. The minimum Gasteiger partial charge on any atom is -0.388 e. The number of thiazole rings is 1. The van der Waals surface area contributed by atoms with Crippen molar-refractivity contribution in [2.24, 2.45) is 5.92 Å². The molecule has 0 saturated heterocycles. The van der Waals surface area contributed by atoms with Gasteiger partial charge in [-0.2, -0.15) is 0 Å². The highest BCUT2D eigenvalue weighted by Crippen LogP contribution is 2.32. The molecule has 1 aromatic rings. The van der Waals surface area contributed by atoms with E-state index in [0.29, 0.717) is 6.54 Å². The standard InChI is InChI=1S/C11H18N2OS/c1-9-2-4-11(14,5-3-9)8-13-10-12-6-7-15-10/h6-7,9,14H,2-5,8H2,1H3,(H,12,13). The van der Waals surface area contributed by atoms with Crippen molar-refractivity contribution in [3.05, 3.63) is 11.6 Å². The number of hydrogen-bond donors (Lipinski definition) is 2. The van der Waals surface area contributed by atoms with Crippen molar-refractivity contribution < 1.29 is 5.11 Å². The summed E-state index contributed by atoms with van der Waals surface area (Å²) in [6, 6.07) is 0. The molecular weight excluding hydrogens is 208 g/mol. The van der Waals surface area contributed by atoms with Crippen LogP contribution in [-0.2, 0) is 0 Å². The molecule has 84 valence electrons. The van der Waals surface area contributed by atoms with Crippen molar-refractivity contribution in [3.63, 3.8) is 0 Å². The third kappa shape index (κ3) is 2.92. The van der Waals surface area contributed by atoms with Crippen LogP contribution in [0.5, 0.6) is 0 Å². The summed E-state index contributed by atoms with van der Waals surface area (Å²) < 4.78 is 0. The average molecular weight is 226 g/mol. The van der Waals surface area contributed by atoms with E-state index in [1.54, 1.807) is 17.5 Å². The Labute approximate surface area is 94.5 Å². The average Bonchev–Trinajstić information content (AvgIpc) is 2.73. The molecule has 0 atom stereocenters. The lowest BCUT2D eigenvalue weighted by atomic mass is 9.79. The highest BCUT2D eigenvalue weighted by Gasteiger charge is 2.31. The molecule has 2 rings (SSSR count). The van der Waals surface area contributed by atoms with Crippen LogP contribution in [-0.4, -0.2) is 22.2 Å². The summed E-state index contributed by atoms with van der Waals surface area (Å²) in [7, 11) is 0. The van der Waals surface area contributed by atoms with Gasteiger partial charge in [-0.05, 0) is 31.6 Å². The second kappa shape index (κ2) is 4.49. The third-order valence-electron chi connectivity index (χ3n) is 3.21. The number of rotatable bonds is 3. The molecule has 0 aliphatic heterocycles. The number of aromatic nitrogens is 1. The summed E-state index contributed by atoms with van der Waals surface area (Å²) in [6.45, 7) is 2.89. The molecule has 15 heavy (non-hydrogen) atoms. The maximum atomic E-state index is 10.3. The van der Waals surface area contributed by atoms with E-state index in [-0.39, 0.29) is 0 Å². The van der Waals surface area contributed by atoms with Gasteiger partial charge >= 0.3 is 0 Å². The Kier molecular flexibility index (Phi) is 3.26. The molecule has 4 heteroatoms. The van der Waals surface area contributed by atoms with E-state index in [1.165, 1.54) is 0 Å². The van der Waals surface area contributed by atoms with Crippen molar-refractivity contribution >= 4 is 16.5 Å². The van der Waals surface area contributed by atoms with E-state index >= 15 is 0 Å². The number of anilines is 1. The first-order chi connectivity index (χ1) is 7.18. The Morgan fingerprint density at radius 2 is 2.33 bits per heavy atom. The van der Waals surface area contributed by atoms with Crippen LogP contribution in [0.25, 0.3) is 0 Å². The van der Waals surface area contributed by atoms with Crippen LogP contribution in [0.1, 0.15) is 32.6 Å². The molecule has 0 bridgehead atoms. The molecule has 0 aromatic carbocycles. The predicted molar refractivity (Wildman–Crippen MR) is 63.2 cm³/mol. The summed E-state index contributed by atoms with van der Waals surface area (Å²) in [4.78, 5) is 4.14. The fourth-order valence-corrected chi connectivity index (χ4v) is 2.55. The van der Waals surface area contributed by atoms with Gasteiger partial charge in [0.15, 0.2) is 5.13 Å². The van der Waals surface area contributed by atoms with Crippen LogP contribution < -0.4 is 5.32 Å². The molecule has 0 spiro atoms. The predicted octanol–water partition coefficient (Wildman–Crippen LogP) is 2.50. The number of hydrogen-bond acceptors (Lipinski definition) is 4. The first-order valence-corrected chi connectivity index (χ1v) is 6.42. The van der Waals surface area contributed by atoms with Gasteiger partial charge in [0.2, 0.25) is 0 Å². The number of nitrogens with one attached hydrogen (secondary N) is 1. The monoisotopic (exact) mass is 226 g/mol. The molecule has 1 saturated carbocycles. The summed E-state index contributed by atoms with van der Waals surface area (Å²) in [5.41, 5.74) is -0.516. The van der Waals surface area contributed by atoms with Gasteiger partial charge in [-0.15, -0.1) is 11.3 Å². The maximum Gasteiger partial charge on any atom is 0.182 e. The minimum absolute atomic E-state index is 0.516. The van der Waals surface area contributed by atoms with Crippen LogP contribution in [0.15, 0.2) is 11.6 Å². The largest absolute Gasteiger partial charge is 0.388 e. The quantitative estimate of drug-likeness (QED) is 0.832. The maximum absolute atomic E-state index is 10.3. The van der Waals surface area contributed by atoms with Gasteiger partial charge in [0.1, 0.15) is 0 Å². The van der Waals surface area contributed by atoms with E-state index in [2.05, 4.69) is 17.2 Å². The van der Waals surface area contributed by atoms with E-state index < -0.39 is 5.60 Å². The van der Waals surface area contributed by atoms with Crippen LogP contribution in [0.4, 0.5) is 5.13 Å². The van der Waals surface area contributed by atoms with Gasteiger partial charge in [0, 0.05) is 18.1 Å². The minimum atomic E-state index is -0.516. The molecule has 0 amide bonds. The summed E-state index contributed by atoms with van der Waals surface area (Å²) in [5, 5.41) is 16.4. The normalized spacial score (nSPS) is 31.5. The molecule has 3 nitrogen and oxygen atoms in total. The SMILES string of the molecule is CC1CCC(O)(CNc2nccs2)CC1. The van der Waals surface area contributed by atoms with Gasteiger partial charge in [-0.3, -0.25) is 0 Å². The zero-order chi connectivity index (χ0) is 10.7. The number of aliphatic hydroxyl groups is 1. The fraction of sp³-hybridized carbons (Fsp3) is 0.727. The molecule has 1 aliphatic rings. The highest BCUT2D eigenvalue weighted by molar-refractivity contribution is 7.13.